The minimum atomic E-state index is 0. The normalized spacial score (nSPS) is 17.4. The molecule has 4 nitrogen and oxygen atoms in total. The number of hydrogen-bond donors (Lipinski definition) is 2. The Bertz CT molecular complexity index is 595. The van der Waals surface area contributed by atoms with E-state index in [1.165, 1.54) is 0 Å². The molecule has 21 heavy (non-hydrogen) atoms. The summed E-state index contributed by atoms with van der Waals surface area (Å²) in [6.45, 7) is 1.79. The number of fused-ring (bicyclic) bond motifs is 1. The molecule has 1 aliphatic heterocycles. The summed E-state index contributed by atoms with van der Waals surface area (Å²) in [5, 5.41) is 7.29. The number of amides is 1. The first-order chi connectivity index (χ1) is 9.34. The van der Waals surface area contributed by atoms with Crippen LogP contribution in [0.2, 0.25) is 0 Å². The van der Waals surface area contributed by atoms with Crippen LogP contribution in [0.3, 0.4) is 0 Å². The second-order valence-corrected chi connectivity index (χ2v) is 4.91. The Morgan fingerprint density at radius 3 is 2.86 bits per heavy atom. The molecule has 3 rings (SSSR count). The molecule has 1 amide bonds. The van der Waals surface area contributed by atoms with Crippen LogP contribution in [-0.4, -0.2) is 24.0 Å². The number of rotatable bonds is 2. The summed E-state index contributed by atoms with van der Waals surface area (Å²) in [5.74, 6) is 0.171. The average Bonchev–Trinajstić information content (AvgIpc) is 2.48. The largest absolute Gasteiger partial charge is 0.325 e. The lowest BCUT2D eigenvalue weighted by atomic mass is 9.98. The molecule has 0 aliphatic carbocycles. The molecule has 0 radical (unpaired) electrons. The molecule has 1 atom stereocenters. The van der Waals surface area contributed by atoms with Gasteiger partial charge in [0.1, 0.15) is 0 Å². The number of piperidine rings is 1. The van der Waals surface area contributed by atoms with Crippen molar-refractivity contribution in [2.75, 3.05) is 18.4 Å². The van der Waals surface area contributed by atoms with E-state index in [4.69, 9.17) is 0 Å². The molecular weight excluding hydrogens is 309 g/mol. The number of carbonyl (C=O) groups excluding carboxylic acids is 1. The van der Waals surface area contributed by atoms with Crippen molar-refractivity contribution in [2.45, 2.75) is 12.8 Å². The molecule has 114 valence electrons. The lowest BCUT2D eigenvalue weighted by molar-refractivity contribution is -0.120. The van der Waals surface area contributed by atoms with Crippen LogP contribution in [0.4, 0.5) is 5.69 Å². The van der Waals surface area contributed by atoms with E-state index in [0.29, 0.717) is 0 Å². The van der Waals surface area contributed by atoms with Crippen LogP contribution in [0, 0.1) is 5.92 Å². The first-order valence-corrected chi connectivity index (χ1v) is 6.70. The van der Waals surface area contributed by atoms with Gasteiger partial charge < -0.3 is 10.6 Å². The molecule has 2 heterocycles. The maximum atomic E-state index is 12.2. The third-order valence-corrected chi connectivity index (χ3v) is 3.57. The van der Waals surface area contributed by atoms with Crippen molar-refractivity contribution in [3.8, 4) is 0 Å². The topological polar surface area (TPSA) is 54.0 Å². The third kappa shape index (κ3) is 4.06. The van der Waals surface area contributed by atoms with Crippen molar-refractivity contribution >= 4 is 47.3 Å². The molecule has 0 bridgehead atoms. The van der Waals surface area contributed by atoms with Gasteiger partial charge in [-0.15, -0.1) is 24.8 Å². The van der Waals surface area contributed by atoms with Gasteiger partial charge in [-0.2, -0.15) is 0 Å². The fourth-order valence-corrected chi connectivity index (χ4v) is 2.52. The predicted octanol–water partition coefficient (Wildman–Crippen LogP) is 3.02. The Morgan fingerprint density at radius 2 is 2.10 bits per heavy atom. The van der Waals surface area contributed by atoms with Crippen LogP contribution in [0.1, 0.15) is 12.8 Å². The first-order valence-electron chi connectivity index (χ1n) is 6.70. The number of pyridine rings is 1. The number of hydrogen-bond acceptors (Lipinski definition) is 3. The fourth-order valence-electron chi connectivity index (χ4n) is 2.52. The second kappa shape index (κ2) is 8.17. The maximum absolute atomic E-state index is 12.2. The summed E-state index contributed by atoms with van der Waals surface area (Å²) in [7, 11) is 0. The van der Waals surface area contributed by atoms with Crippen molar-refractivity contribution in [3.05, 3.63) is 36.5 Å². The molecule has 2 aromatic rings. The molecule has 1 unspecified atom stereocenters. The monoisotopic (exact) mass is 327 g/mol. The molecule has 1 aromatic carbocycles. The highest BCUT2D eigenvalue weighted by Crippen LogP contribution is 2.22. The quantitative estimate of drug-likeness (QED) is 0.891. The van der Waals surface area contributed by atoms with Gasteiger partial charge in [0.05, 0.1) is 17.1 Å². The number of halogens is 2. The zero-order chi connectivity index (χ0) is 13.1. The molecule has 1 aliphatic rings. The van der Waals surface area contributed by atoms with Crippen LogP contribution in [0.5, 0.6) is 0 Å². The van der Waals surface area contributed by atoms with E-state index in [9.17, 15) is 4.79 Å². The Hall–Kier alpha value is -1.36. The molecular formula is C15H19Cl2N3O. The summed E-state index contributed by atoms with van der Waals surface area (Å²) in [6.07, 6.45) is 3.79. The molecule has 0 spiro atoms. The first kappa shape index (κ1) is 17.7. The minimum absolute atomic E-state index is 0. The lowest BCUT2D eigenvalue weighted by Gasteiger charge is -2.22. The zero-order valence-electron chi connectivity index (χ0n) is 11.5. The number of nitrogens with one attached hydrogen (secondary N) is 2. The Balaban J connectivity index is 0.00000110. The number of carbonyl (C=O) groups is 1. The van der Waals surface area contributed by atoms with Gasteiger partial charge in [-0.05, 0) is 43.7 Å². The average molecular weight is 328 g/mol. The summed E-state index contributed by atoms with van der Waals surface area (Å²) < 4.78 is 0. The Morgan fingerprint density at radius 1 is 1.24 bits per heavy atom. The van der Waals surface area contributed by atoms with Crippen molar-refractivity contribution in [3.63, 3.8) is 0 Å². The molecule has 1 fully saturated rings. The van der Waals surface area contributed by atoms with E-state index in [-0.39, 0.29) is 36.6 Å². The van der Waals surface area contributed by atoms with Gasteiger partial charge >= 0.3 is 0 Å². The summed E-state index contributed by atoms with van der Waals surface area (Å²) >= 11 is 0. The highest BCUT2D eigenvalue weighted by molar-refractivity contribution is 6.01. The maximum Gasteiger partial charge on any atom is 0.228 e. The molecule has 6 heteroatoms. The summed E-state index contributed by atoms with van der Waals surface area (Å²) in [5.41, 5.74) is 1.75. The number of aromatic nitrogens is 1. The van der Waals surface area contributed by atoms with Gasteiger partial charge in [-0.1, -0.05) is 6.07 Å². The highest BCUT2D eigenvalue weighted by atomic mass is 35.5. The summed E-state index contributed by atoms with van der Waals surface area (Å²) in [4.78, 5) is 16.5. The van der Waals surface area contributed by atoms with Gasteiger partial charge in [0.15, 0.2) is 0 Å². The highest BCUT2D eigenvalue weighted by Gasteiger charge is 2.21. The van der Waals surface area contributed by atoms with Crippen LogP contribution in [0.15, 0.2) is 36.5 Å². The van der Waals surface area contributed by atoms with Gasteiger partial charge in [-0.25, -0.2) is 0 Å². The van der Waals surface area contributed by atoms with Crippen molar-refractivity contribution < 1.29 is 4.79 Å². The standard InChI is InChI=1S/C15H17N3O.2ClH/c19-15(11-4-2-8-16-10-11)18-14-7-1-6-13-12(14)5-3-9-17-13;;/h1,3,5-7,9,11,16H,2,4,8,10H2,(H,18,19);2*1H. The molecule has 0 saturated carbocycles. The van der Waals surface area contributed by atoms with Crippen molar-refractivity contribution in [1.29, 1.82) is 0 Å². The second-order valence-electron chi connectivity index (χ2n) is 4.91. The van der Waals surface area contributed by atoms with E-state index in [1.54, 1.807) is 6.20 Å². The van der Waals surface area contributed by atoms with Crippen molar-refractivity contribution in [2.24, 2.45) is 5.92 Å². The molecule has 2 N–H and O–H groups in total. The van der Waals surface area contributed by atoms with Crippen LogP contribution >= 0.6 is 24.8 Å². The van der Waals surface area contributed by atoms with E-state index in [1.807, 2.05) is 30.3 Å². The fraction of sp³-hybridized carbons (Fsp3) is 0.333. The number of nitrogens with zero attached hydrogens (tertiary/aromatic N) is 1. The predicted molar refractivity (Wildman–Crippen MR) is 90.5 cm³/mol. The zero-order valence-corrected chi connectivity index (χ0v) is 13.2. The molecule has 1 aromatic heterocycles. The SMILES string of the molecule is Cl.Cl.O=C(Nc1cccc2ncccc12)C1CCCNC1. The number of benzene rings is 1. The van der Waals surface area contributed by atoms with Crippen LogP contribution in [-0.2, 0) is 4.79 Å². The van der Waals surface area contributed by atoms with E-state index < -0.39 is 0 Å². The van der Waals surface area contributed by atoms with Crippen molar-refractivity contribution in [1.82, 2.24) is 10.3 Å². The summed E-state index contributed by atoms with van der Waals surface area (Å²) in [6, 6.07) is 9.67. The van der Waals surface area contributed by atoms with Crippen LogP contribution < -0.4 is 10.6 Å². The third-order valence-electron chi connectivity index (χ3n) is 3.57. The number of anilines is 1. The lowest BCUT2D eigenvalue weighted by Crippen LogP contribution is -2.37. The van der Waals surface area contributed by atoms with Gasteiger partial charge in [0.25, 0.3) is 0 Å². The Labute approximate surface area is 136 Å². The minimum Gasteiger partial charge on any atom is -0.325 e. The smallest absolute Gasteiger partial charge is 0.228 e. The van der Waals surface area contributed by atoms with Gasteiger partial charge in [0, 0.05) is 18.1 Å². The van der Waals surface area contributed by atoms with E-state index in [2.05, 4.69) is 15.6 Å². The van der Waals surface area contributed by atoms with Gasteiger partial charge in [-0.3, -0.25) is 9.78 Å². The van der Waals surface area contributed by atoms with Crippen LogP contribution in [0.25, 0.3) is 10.9 Å². The Kier molecular flexibility index (Phi) is 6.89. The van der Waals surface area contributed by atoms with E-state index in [0.717, 1.165) is 42.5 Å². The molecule has 1 saturated heterocycles. The van der Waals surface area contributed by atoms with E-state index >= 15 is 0 Å². The van der Waals surface area contributed by atoms with Gasteiger partial charge in [0.2, 0.25) is 5.91 Å².